The summed E-state index contributed by atoms with van der Waals surface area (Å²) in [5, 5.41) is 0.579. The van der Waals surface area contributed by atoms with Gasteiger partial charge < -0.3 is 4.57 Å². The second-order valence-corrected chi connectivity index (χ2v) is 6.47. The van der Waals surface area contributed by atoms with E-state index in [4.69, 9.17) is 11.6 Å². The number of nitrogens with zero attached hydrogens (tertiary/aromatic N) is 2. The van der Waals surface area contributed by atoms with Crippen molar-refractivity contribution >= 4 is 39.1 Å². The summed E-state index contributed by atoms with van der Waals surface area (Å²) in [5.41, 5.74) is 1.15. The van der Waals surface area contributed by atoms with Crippen LogP contribution in [-0.2, 0) is 7.05 Å². The van der Waals surface area contributed by atoms with Crippen LogP contribution in [0.3, 0.4) is 0 Å². The van der Waals surface area contributed by atoms with Crippen LogP contribution in [0, 0.1) is 18.6 Å². The minimum absolute atomic E-state index is 0.345. The molecule has 0 saturated heterocycles. The van der Waals surface area contributed by atoms with E-state index in [2.05, 4.69) is 4.99 Å². The highest BCUT2D eigenvalue weighted by molar-refractivity contribution is 7.16. The van der Waals surface area contributed by atoms with Crippen molar-refractivity contribution in [3.05, 3.63) is 62.9 Å². The zero-order valence-corrected chi connectivity index (χ0v) is 13.8. The highest BCUT2D eigenvalue weighted by Gasteiger charge is 2.17. The van der Waals surface area contributed by atoms with E-state index in [1.54, 1.807) is 23.7 Å². The number of thiazole rings is 1. The topological polar surface area (TPSA) is 34.4 Å². The first-order valence-corrected chi connectivity index (χ1v) is 7.86. The van der Waals surface area contributed by atoms with Crippen LogP contribution >= 0.6 is 22.9 Å². The van der Waals surface area contributed by atoms with Gasteiger partial charge in [-0.05, 0) is 36.8 Å². The lowest BCUT2D eigenvalue weighted by atomic mass is 10.2. The molecule has 0 radical (unpaired) electrons. The van der Waals surface area contributed by atoms with Crippen LogP contribution < -0.4 is 4.80 Å². The third-order valence-electron chi connectivity index (χ3n) is 3.43. The van der Waals surface area contributed by atoms with Crippen molar-refractivity contribution in [1.82, 2.24) is 4.57 Å². The molecule has 0 bridgehead atoms. The van der Waals surface area contributed by atoms with Crippen molar-refractivity contribution in [2.24, 2.45) is 12.0 Å². The molecule has 0 atom stereocenters. The molecular weight excluding hydrogens is 342 g/mol. The molecule has 0 aliphatic carbocycles. The number of aryl methyl sites for hydroxylation is 2. The fourth-order valence-electron chi connectivity index (χ4n) is 2.42. The van der Waals surface area contributed by atoms with E-state index >= 15 is 0 Å². The van der Waals surface area contributed by atoms with Crippen LogP contribution in [0.4, 0.5) is 8.78 Å². The highest BCUT2D eigenvalue weighted by atomic mass is 35.5. The van der Waals surface area contributed by atoms with Crippen LogP contribution in [0.1, 0.15) is 15.9 Å². The predicted octanol–water partition coefficient (Wildman–Crippen LogP) is 4.22. The number of carbonyl (C=O) groups is 1. The summed E-state index contributed by atoms with van der Waals surface area (Å²) in [4.78, 5) is 16.4. The van der Waals surface area contributed by atoms with Crippen LogP contribution in [0.25, 0.3) is 10.2 Å². The summed E-state index contributed by atoms with van der Waals surface area (Å²) in [5.74, 6) is -2.81. The summed E-state index contributed by atoms with van der Waals surface area (Å²) in [6, 6.07) is 6.83. The number of halogens is 3. The average molecular weight is 353 g/mol. The third-order valence-corrected chi connectivity index (χ3v) is 4.72. The molecule has 1 aromatic heterocycles. The molecule has 3 aromatic rings. The molecule has 0 spiro atoms. The summed E-state index contributed by atoms with van der Waals surface area (Å²) >= 11 is 7.26. The Hall–Kier alpha value is -2.05. The molecule has 3 rings (SSSR count). The largest absolute Gasteiger partial charge is 0.319 e. The molecule has 1 heterocycles. The van der Waals surface area contributed by atoms with E-state index in [0.29, 0.717) is 9.82 Å². The van der Waals surface area contributed by atoms with Gasteiger partial charge in [0, 0.05) is 12.1 Å². The molecule has 3 nitrogen and oxygen atoms in total. The lowest BCUT2D eigenvalue weighted by Crippen LogP contribution is -2.15. The number of rotatable bonds is 1. The lowest BCUT2D eigenvalue weighted by molar-refractivity contribution is 0.0990. The Morgan fingerprint density at radius 2 is 1.91 bits per heavy atom. The van der Waals surface area contributed by atoms with Gasteiger partial charge in [0.1, 0.15) is 17.2 Å². The average Bonchev–Trinajstić information content (AvgIpc) is 2.74. The number of fused-ring (bicyclic) bond motifs is 1. The van der Waals surface area contributed by atoms with Crippen molar-refractivity contribution in [2.45, 2.75) is 6.92 Å². The molecule has 0 N–H and O–H groups in total. The van der Waals surface area contributed by atoms with Gasteiger partial charge in [0.05, 0.1) is 10.2 Å². The van der Waals surface area contributed by atoms with E-state index in [9.17, 15) is 13.6 Å². The third kappa shape index (κ3) is 2.80. The number of carbonyl (C=O) groups excluding carboxylic acids is 1. The van der Waals surface area contributed by atoms with Crippen molar-refractivity contribution < 1.29 is 13.6 Å². The van der Waals surface area contributed by atoms with E-state index in [1.807, 2.05) is 6.92 Å². The highest BCUT2D eigenvalue weighted by Crippen LogP contribution is 2.25. The first-order valence-electron chi connectivity index (χ1n) is 6.67. The molecule has 1 amide bonds. The Kier molecular flexibility index (Phi) is 4.04. The SMILES string of the molecule is Cc1cc(Cl)cc2sc(=NC(=O)c3c(F)cccc3F)n(C)c12. The molecule has 23 heavy (non-hydrogen) atoms. The second kappa shape index (κ2) is 5.86. The maximum absolute atomic E-state index is 13.7. The van der Waals surface area contributed by atoms with Gasteiger partial charge >= 0.3 is 0 Å². The maximum atomic E-state index is 13.7. The number of amides is 1. The van der Waals surface area contributed by atoms with E-state index in [1.165, 1.54) is 17.4 Å². The molecule has 0 saturated carbocycles. The van der Waals surface area contributed by atoms with Crippen LogP contribution in [0.5, 0.6) is 0 Å². The zero-order valence-electron chi connectivity index (χ0n) is 12.2. The van der Waals surface area contributed by atoms with Crippen molar-refractivity contribution in [1.29, 1.82) is 0 Å². The van der Waals surface area contributed by atoms with Gasteiger partial charge in [0.2, 0.25) is 0 Å². The summed E-state index contributed by atoms with van der Waals surface area (Å²) in [6.45, 7) is 1.89. The minimum Gasteiger partial charge on any atom is -0.319 e. The quantitative estimate of drug-likeness (QED) is 0.645. The van der Waals surface area contributed by atoms with E-state index in [-0.39, 0.29) is 0 Å². The van der Waals surface area contributed by atoms with Gasteiger partial charge in [-0.15, -0.1) is 0 Å². The Bertz CT molecular complexity index is 987. The molecule has 0 aliphatic rings. The number of hydrogen-bond acceptors (Lipinski definition) is 2. The maximum Gasteiger partial charge on any atom is 0.285 e. The predicted molar refractivity (Wildman–Crippen MR) is 86.8 cm³/mol. The fraction of sp³-hybridized carbons (Fsp3) is 0.125. The smallest absolute Gasteiger partial charge is 0.285 e. The summed E-state index contributed by atoms with van der Waals surface area (Å²) in [6.07, 6.45) is 0. The van der Waals surface area contributed by atoms with E-state index < -0.39 is 23.1 Å². The first-order chi connectivity index (χ1) is 10.9. The first kappa shape index (κ1) is 15.8. The summed E-state index contributed by atoms with van der Waals surface area (Å²) in [7, 11) is 1.74. The zero-order chi connectivity index (χ0) is 16.7. The normalized spacial score (nSPS) is 12.1. The minimum atomic E-state index is -0.952. The van der Waals surface area contributed by atoms with Gasteiger partial charge in [-0.3, -0.25) is 4.79 Å². The molecule has 7 heteroatoms. The van der Waals surface area contributed by atoms with Gasteiger partial charge in [0.15, 0.2) is 4.80 Å². The van der Waals surface area contributed by atoms with Crippen LogP contribution in [0.2, 0.25) is 5.02 Å². The number of benzene rings is 2. The van der Waals surface area contributed by atoms with Crippen LogP contribution in [0.15, 0.2) is 35.3 Å². The fourth-order valence-corrected chi connectivity index (χ4v) is 3.89. The van der Waals surface area contributed by atoms with Gasteiger partial charge in [-0.2, -0.15) is 4.99 Å². The van der Waals surface area contributed by atoms with Crippen LogP contribution in [-0.4, -0.2) is 10.5 Å². The van der Waals surface area contributed by atoms with Crippen molar-refractivity contribution in [2.75, 3.05) is 0 Å². The van der Waals surface area contributed by atoms with Crippen molar-refractivity contribution in [3.63, 3.8) is 0 Å². The standard InChI is InChI=1S/C16H11ClF2N2OS/c1-8-6-9(17)7-12-14(8)21(2)16(23-12)20-15(22)13-10(18)4-3-5-11(13)19/h3-7H,1-2H3. The summed E-state index contributed by atoms with van der Waals surface area (Å²) < 4.78 is 29.9. The Morgan fingerprint density at radius 3 is 2.57 bits per heavy atom. The number of aromatic nitrogens is 1. The van der Waals surface area contributed by atoms with Gasteiger partial charge in [0.25, 0.3) is 5.91 Å². The Labute approximate surface area is 139 Å². The van der Waals surface area contributed by atoms with Gasteiger partial charge in [-0.1, -0.05) is 29.0 Å². The number of hydrogen-bond donors (Lipinski definition) is 0. The molecule has 2 aromatic carbocycles. The Balaban J connectivity index is 2.20. The molecule has 0 fully saturated rings. The van der Waals surface area contributed by atoms with E-state index in [0.717, 1.165) is 27.9 Å². The molecular formula is C16H11ClF2N2OS. The molecule has 0 unspecified atom stereocenters. The lowest BCUT2D eigenvalue weighted by Gasteiger charge is -2.01. The molecule has 118 valence electrons. The second-order valence-electron chi connectivity index (χ2n) is 5.03. The van der Waals surface area contributed by atoms with Gasteiger partial charge in [-0.25, -0.2) is 8.78 Å². The van der Waals surface area contributed by atoms with Crippen molar-refractivity contribution in [3.8, 4) is 0 Å². The Morgan fingerprint density at radius 1 is 1.26 bits per heavy atom. The molecule has 0 aliphatic heterocycles. The monoisotopic (exact) mass is 352 g/mol.